The molecule has 110 valence electrons. The highest BCUT2D eigenvalue weighted by atomic mass is 16.3. The second-order valence-corrected chi connectivity index (χ2v) is 6.38. The van der Waals surface area contributed by atoms with Crippen molar-refractivity contribution in [1.29, 1.82) is 0 Å². The molecule has 20 heavy (non-hydrogen) atoms. The molecule has 2 aliphatic rings. The van der Waals surface area contributed by atoms with Crippen molar-refractivity contribution < 1.29 is 5.11 Å². The molecule has 1 aromatic carbocycles. The Hall–Kier alpha value is -1.06. The Kier molecular flexibility index (Phi) is 4.27. The highest BCUT2D eigenvalue weighted by Crippen LogP contribution is 2.25. The van der Waals surface area contributed by atoms with E-state index in [1.54, 1.807) is 0 Å². The standard InChI is InChI=1S/C17H26N2O/c1-14-6-7-17(20)15(12-14)13-18-8-10-19(11-9-18)16-4-2-3-5-16/h6-7,12,16,20H,2-5,8-11,13H2,1H3. The molecule has 0 amide bonds. The summed E-state index contributed by atoms with van der Waals surface area (Å²) >= 11 is 0. The first kappa shape index (κ1) is 13.9. The normalized spacial score (nSPS) is 22.4. The van der Waals surface area contributed by atoms with E-state index in [9.17, 15) is 5.11 Å². The monoisotopic (exact) mass is 274 g/mol. The lowest BCUT2D eigenvalue weighted by Crippen LogP contribution is -2.49. The lowest BCUT2D eigenvalue weighted by atomic mass is 10.1. The molecule has 0 aromatic heterocycles. The summed E-state index contributed by atoms with van der Waals surface area (Å²) in [5, 5.41) is 9.95. The van der Waals surface area contributed by atoms with Gasteiger partial charge in [-0.1, -0.05) is 30.5 Å². The maximum absolute atomic E-state index is 9.95. The van der Waals surface area contributed by atoms with E-state index in [1.165, 1.54) is 44.3 Å². The number of aromatic hydroxyl groups is 1. The van der Waals surface area contributed by atoms with E-state index in [2.05, 4.69) is 22.8 Å². The van der Waals surface area contributed by atoms with Crippen LogP contribution in [0, 0.1) is 6.92 Å². The molecule has 2 fully saturated rings. The Labute approximate surface area is 122 Å². The van der Waals surface area contributed by atoms with Gasteiger partial charge in [-0.3, -0.25) is 9.80 Å². The van der Waals surface area contributed by atoms with Crippen LogP contribution in [0.5, 0.6) is 5.75 Å². The Morgan fingerprint density at radius 3 is 2.50 bits per heavy atom. The molecule has 0 radical (unpaired) electrons. The number of nitrogens with zero attached hydrogens (tertiary/aromatic N) is 2. The molecule has 3 heteroatoms. The van der Waals surface area contributed by atoms with Crippen LogP contribution >= 0.6 is 0 Å². The first-order chi connectivity index (χ1) is 9.72. The summed E-state index contributed by atoms with van der Waals surface area (Å²) in [5.41, 5.74) is 2.29. The second kappa shape index (κ2) is 6.15. The van der Waals surface area contributed by atoms with Crippen LogP contribution < -0.4 is 0 Å². The third kappa shape index (κ3) is 3.15. The van der Waals surface area contributed by atoms with E-state index in [-0.39, 0.29) is 0 Å². The van der Waals surface area contributed by atoms with Gasteiger partial charge in [0.15, 0.2) is 0 Å². The lowest BCUT2D eigenvalue weighted by Gasteiger charge is -2.38. The van der Waals surface area contributed by atoms with Gasteiger partial charge in [-0.15, -0.1) is 0 Å². The first-order valence-electron chi connectivity index (χ1n) is 7.97. The fraction of sp³-hybridized carbons (Fsp3) is 0.647. The van der Waals surface area contributed by atoms with Crippen molar-refractivity contribution in [1.82, 2.24) is 9.80 Å². The summed E-state index contributed by atoms with van der Waals surface area (Å²) in [6.45, 7) is 7.61. The van der Waals surface area contributed by atoms with Crippen LogP contribution in [0.15, 0.2) is 18.2 Å². The maximum atomic E-state index is 9.95. The molecule has 1 aliphatic carbocycles. The van der Waals surface area contributed by atoms with E-state index in [0.29, 0.717) is 5.75 Å². The van der Waals surface area contributed by atoms with Crippen LogP contribution in [0.25, 0.3) is 0 Å². The number of aryl methyl sites for hydroxylation is 1. The Morgan fingerprint density at radius 2 is 1.80 bits per heavy atom. The smallest absolute Gasteiger partial charge is 0.120 e. The largest absolute Gasteiger partial charge is 0.508 e. The minimum Gasteiger partial charge on any atom is -0.508 e. The number of piperazine rings is 1. The number of phenolic OH excluding ortho intramolecular Hbond substituents is 1. The lowest BCUT2D eigenvalue weighted by molar-refractivity contribution is 0.0932. The molecular weight excluding hydrogens is 248 g/mol. The molecule has 0 unspecified atom stereocenters. The number of rotatable bonds is 3. The van der Waals surface area contributed by atoms with Crippen LogP contribution in [0.3, 0.4) is 0 Å². The van der Waals surface area contributed by atoms with Gasteiger partial charge in [-0.2, -0.15) is 0 Å². The maximum Gasteiger partial charge on any atom is 0.120 e. The summed E-state index contributed by atoms with van der Waals surface area (Å²) in [6.07, 6.45) is 5.64. The van der Waals surface area contributed by atoms with E-state index in [0.717, 1.165) is 31.2 Å². The van der Waals surface area contributed by atoms with Crippen LogP contribution in [0.4, 0.5) is 0 Å². The molecule has 3 nitrogen and oxygen atoms in total. The zero-order chi connectivity index (χ0) is 13.9. The second-order valence-electron chi connectivity index (χ2n) is 6.38. The Bertz CT molecular complexity index is 446. The zero-order valence-electron chi connectivity index (χ0n) is 12.5. The Balaban J connectivity index is 1.54. The van der Waals surface area contributed by atoms with Gasteiger partial charge in [-0.05, 0) is 25.8 Å². The van der Waals surface area contributed by atoms with Crippen molar-refractivity contribution in [3.05, 3.63) is 29.3 Å². The molecule has 1 N–H and O–H groups in total. The van der Waals surface area contributed by atoms with Gasteiger partial charge in [0.05, 0.1) is 0 Å². The number of hydrogen-bond donors (Lipinski definition) is 1. The van der Waals surface area contributed by atoms with E-state index >= 15 is 0 Å². The first-order valence-corrected chi connectivity index (χ1v) is 7.97. The quantitative estimate of drug-likeness (QED) is 0.918. The molecule has 1 heterocycles. The van der Waals surface area contributed by atoms with E-state index in [1.807, 2.05) is 12.1 Å². The van der Waals surface area contributed by atoms with Gasteiger partial charge >= 0.3 is 0 Å². The predicted octanol–water partition coefficient (Wildman–Crippen LogP) is 2.76. The predicted molar refractivity (Wildman–Crippen MR) is 81.9 cm³/mol. The topological polar surface area (TPSA) is 26.7 Å². The highest BCUT2D eigenvalue weighted by Gasteiger charge is 2.26. The van der Waals surface area contributed by atoms with Crippen LogP contribution in [0.1, 0.15) is 36.8 Å². The van der Waals surface area contributed by atoms with Crippen LogP contribution in [-0.4, -0.2) is 47.1 Å². The summed E-state index contributed by atoms with van der Waals surface area (Å²) in [5.74, 6) is 0.439. The fourth-order valence-corrected chi connectivity index (χ4v) is 3.64. The van der Waals surface area contributed by atoms with E-state index in [4.69, 9.17) is 0 Å². The highest BCUT2D eigenvalue weighted by molar-refractivity contribution is 5.35. The molecule has 0 atom stereocenters. The van der Waals surface area contributed by atoms with E-state index < -0.39 is 0 Å². The molecule has 1 saturated heterocycles. The summed E-state index contributed by atoms with van der Waals surface area (Å²) in [7, 11) is 0. The molecular formula is C17H26N2O. The minimum atomic E-state index is 0.439. The SMILES string of the molecule is Cc1ccc(O)c(CN2CCN(C3CCCC3)CC2)c1. The van der Waals surface area contributed by atoms with Gasteiger partial charge in [-0.25, -0.2) is 0 Å². The number of phenols is 1. The van der Waals surface area contributed by atoms with Crippen molar-refractivity contribution in [2.24, 2.45) is 0 Å². The third-order valence-corrected chi connectivity index (χ3v) is 4.88. The average Bonchev–Trinajstić information content (AvgIpc) is 2.98. The van der Waals surface area contributed by atoms with Gasteiger partial charge in [0, 0.05) is 44.3 Å². The average molecular weight is 274 g/mol. The van der Waals surface area contributed by atoms with Crippen molar-refractivity contribution >= 4 is 0 Å². The van der Waals surface area contributed by atoms with Crippen LogP contribution in [-0.2, 0) is 6.54 Å². The van der Waals surface area contributed by atoms with Crippen LogP contribution in [0.2, 0.25) is 0 Å². The van der Waals surface area contributed by atoms with Crippen molar-refractivity contribution in [3.8, 4) is 5.75 Å². The third-order valence-electron chi connectivity index (χ3n) is 4.88. The molecule has 1 aromatic rings. The van der Waals surface area contributed by atoms with Gasteiger partial charge in [0.25, 0.3) is 0 Å². The Morgan fingerprint density at radius 1 is 1.10 bits per heavy atom. The molecule has 1 aliphatic heterocycles. The van der Waals surface area contributed by atoms with Gasteiger partial charge < -0.3 is 5.11 Å². The molecule has 3 rings (SSSR count). The molecule has 0 spiro atoms. The van der Waals surface area contributed by atoms with Crippen molar-refractivity contribution in [3.63, 3.8) is 0 Å². The van der Waals surface area contributed by atoms with Gasteiger partial charge in [0.2, 0.25) is 0 Å². The summed E-state index contributed by atoms with van der Waals surface area (Å²) in [6, 6.07) is 6.75. The number of hydrogen-bond acceptors (Lipinski definition) is 3. The zero-order valence-corrected chi connectivity index (χ0v) is 12.5. The van der Waals surface area contributed by atoms with Crippen molar-refractivity contribution in [2.45, 2.75) is 45.2 Å². The minimum absolute atomic E-state index is 0.439. The van der Waals surface area contributed by atoms with Gasteiger partial charge in [0.1, 0.15) is 5.75 Å². The summed E-state index contributed by atoms with van der Waals surface area (Å²) < 4.78 is 0. The molecule has 0 bridgehead atoms. The summed E-state index contributed by atoms with van der Waals surface area (Å²) in [4.78, 5) is 5.15. The fourth-order valence-electron chi connectivity index (χ4n) is 3.64. The number of benzene rings is 1. The molecule has 1 saturated carbocycles. The van der Waals surface area contributed by atoms with Crippen molar-refractivity contribution in [2.75, 3.05) is 26.2 Å².